The lowest BCUT2D eigenvalue weighted by atomic mass is 10.2. The first-order chi connectivity index (χ1) is 11.9. The van der Waals surface area contributed by atoms with E-state index in [1.165, 1.54) is 28.3 Å². The van der Waals surface area contributed by atoms with E-state index in [9.17, 15) is 9.59 Å². The molecule has 0 spiro atoms. The quantitative estimate of drug-likeness (QED) is 0.777. The molecule has 1 amide bonds. The van der Waals surface area contributed by atoms with Crippen molar-refractivity contribution in [3.8, 4) is 5.69 Å². The first-order valence-corrected chi connectivity index (χ1v) is 8.57. The fraction of sp³-hybridized carbons (Fsp3) is 0.235. The van der Waals surface area contributed by atoms with Crippen molar-refractivity contribution < 1.29 is 4.79 Å². The molecule has 0 bridgehead atoms. The van der Waals surface area contributed by atoms with E-state index in [0.29, 0.717) is 5.13 Å². The van der Waals surface area contributed by atoms with E-state index >= 15 is 0 Å². The molecular formula is C17H17N5O2S. The third-order valence-corrected chi connectivity index (χ3v) is 4.58. The van der Waals surface area contributed by atoms with Gasteiger partial charge in [0, 0.05) is 18.2 Å². The topological polar surface area (TPSA) is 89.8 Å². The molecule has 0 unspecified atom stereocenters. The number of aromatic nitrogens is 4. The van der Waals surface area contributed by atoms with Crippen LogP contribution in [0.1, 0.15) is 40.8 Å². The summed E-state index contributed by atoms with van der Waals surface area (Å²) in [5, 5.41) is 15.9. The van der Waals surface area contributed by atoms with Gasteiger partial charge in [0.1, 0.15) is 5.01 Å². The molecule has 0 fully saturated rings. The molecule has 8 heteroatoms. The lowest BCUT2D eigenvalue weighted by Gasteiger charge is -2.07. The van der Waals surface area contributed by atoms with Crippen LogP contribution in [0.3, 0.4) is 0 Å². The maximum atomic E-state index is 12.4. The highest BCUT2D eigenvalue weighted by molar-refractivity contribution is 7.15. The van der Waals surface area contributed by atoms with Crippen molar-refractivity contribution in [3.63, 3.8) is 0 Å². The average Bonchev–Trinajstić information content (AvgIpc) is 3.04. The zero-order valence-corrected chi connectivity index (χ0v) is 14.9. The standard InChI is InChI=1S/C17H17N5O2S/c1-10(2)16-19-20-17(25-16)18-15(24)14-13(23)7-8-22(21-14)12-6-4-5-11(3)9-12/h4-10H,1-3H3,(H,18,20,24). The smallest absolute Gasteiger partial charge is 0.282 e. The first kappa shape index (κ1) is 17.0. The zero-order valence-electron chi connectivity index (χ0n) is 14.1. The van der Waals surface area contributed by atoms with Crippen LogP contribution in [-0.4, -0.2) is 25.9 Å². The Labute approximate surface area is 148 Å². The number of nitrogens with one attached hydrogen (secondary N) is 1. The van der Waals surface area contributed by atoms with Gasteiger partial charge in [-0.05, 0) is 24.6 Å². The number of benzene rings is 1. The number of aryl methyl sites for hydroxylation is 1. The van der Waals surface area contributed by atoms with E-state index in [4.69, 9.17) is 0 Å². The third kappa shape index (κ3) is 3.80. The number of nitrogens with zero attached hydrogens (tertiary/aromatic N) is 4. The van der Waals surface area contributed by atoms with Crippen molar-refractivity contribution in [2.24, 2.45) is 0 Å². The number of hydrogen-bond donors (Lipinski definition) is 1. The van der Waals surface area contributed by atoms with Crippen LogP contribution in [0.25, 0.3) is 5.69 Å². The number of carbonyl (C=O) groups is 1. The number of amides is 1. The zero-order chi connectivity index (χ0) is 18.0. The van der Waals surface area contributed by atoms with E-state index < -0.39 is 11.3 Å². The molecule has 128 valence electrons. The Morgan fingerprint density at radius 3 is 2.72 bits per heavy atom. The SMILES string of the molecule is Cc1cccc(-n2ccc(=O)c(C(=O)Nc3nnc(C(C)C)s3)n2)c1. The number of rotatable bonds is 4. The van der Waals surface area contributed by atoms with E-state index in [2.05, 4.69) is 20.6 Å². The van der Waals surface area contributed by atoms with Crippen LogP contribution in [0.2, 0.25) is 0 Å². The van der Waals surface area contributed by atoms with Crippen LogP contribution in [0.5, 0.6) is 0 Å². The van der Waals surface area contributed by atoms with Crippen LogP contribution in [0.4, 0.5) is 5.13 Å². The summed E-state index contributed by atoms with van der Waals surface area (Å²) in [4.78, 5) is 24.5. The van der Waals surface area contributed by atoms with Crippen molar-refractivity contribution in [1.29, 1.82) is 0 Å². The highest BCUT2D eigenvalue weighted by atomic mass is 32.1. The molecule has 25 heavy (non-hydrogen) atoms. The van der Waals surface area contributed by atoms with Crippen LogP contribution >= 0.6 is 11.3 Å². The predicted molar refractivity (Wildman–Crippen MR) is 96.5 cm³/mol. The second-order valence-electron chi connectivity index (χ2n) is 5.87. The minimum atomic E-state index is -0.599. The molecule has 0 aliphatic carbocycles. The van der Waals surface area contributed by atoms with Gasteiger partial charge in [0.25, 0.3) is 5.91 Å². The maximum Gasteiger partial charge on any atom is 0.282 e. The summed E-state index contributed by atoms with van der Waals surface area (Å²) in [6.45, 7) is 5.94. The Morgan fingerprint density at radius 1 is 1.24 bits per heavy atom. The molecule has 0 radical (unpaired) electrons. The summed E-state index contributed by atoms with van der Waals surface area (Å²) in [6.07, 6.45) is 1.54. The molecule has 3 aromatic rings. The molecule has 2 aromatic heterocycles. The van der Waals surface area contributed by atoms with E-state index in [1.807, 2.05) is 45.0 Å². The molecule has 7 nitrogen and oxygen atoms in total. The molecule has 3 rings (SSSR count). The van der Waals surface area contributed by atoms with Gasteiger partial charge in [-0.15, -0.1) is 10.2 Å². The third-order valence-electron chi connectivity index (χ3n) is 3.44. The van der Waals surface area contributed by atoms with Crippen molar-refractivity contribution in [1.82, 2.24) is 20.0 Å². The molecule has 0 atom stereocenters. The minimum absolute atomic E-state index is 0.190. The number of anilines is 1. The largest absolute Gasteiger partial charge is 0.295 e. The summed E-state index contributed by atoms with van der Waals surface area (Å²) in [6, 6.07) is 8.94. The van der Waals surface area contributed by atoms with E-state index in [1.54, 1.807) is 0 Å². The van der Waals surface area contributed by atoms with Crippen molar-refractivity contribution in [3.05, 3.63) is 63.0 Å². The lowest BCUT2D eigenvalue weighted by molar-refractivity contribution is 0.101. The van der Waals surface area contributed by atoms with Crippen LogP contribution < -0.4 is 10.7 Å². The highest BCUT2D eigenvalue weighted by Crippen LogP contribution is 2.22. The van der Waals surface area contributed by atoms with Crippen molar-refractivity contribution in [2.75, 3.05) is 5.32 Å². The van der Waals surface area contributed by atoms with E-state index in [-0.39, 0.29) is 11.6 Å². The van der Waals surface area contributed by atoms with Crippen molar-refractivity contribution >= 4 is 22.4 Å². The van der Waals surface area contributed by atoms with Crippen LogP contribution in [0, 0.1) is 6.92 Å². The summed E-state index contributed by atoms with van der Waals surface area (Å²) < 4.78 is 1.50. The summed E-state index contributed by atoms with van der Waals surface area (Å²) in [7, 11) is 0. The molecule has 0 aliphatic rings. The number of hydrogen-bond acceptors (Lipinski definition) is 6. The Morgan fingerprint density at radius 2 is 2.04 bits per heavy atom. The first-order valence-electron chi connectivity index (χ1n) is 7.76. The van der Waals surface area contributed by atoms with Crippen LogP contribution in [0.15, 0.2) is 41.3 Å². The fourth-order valence-electron chi connectivity index (χ4n) is 2.15. The Kier molecular flexibility index (Phi) is 4.71. The predicted octanol–water partition coefficient (Wildman–Crippen LogP) is 2.77. The van der Waals surface area contributed by atoms with Gasteiger partial charge in [-0.3, -0.25) is 14.9 Å². The molecular weight excluding hydrogens is 338 g/mol. The summed E-state index contributed by atoms with van der Waals surface area (Å²) in [5.74, 6) is -0.380. The van der Waals surface area contributed by atoms with Gasteiger partial charge >= 0.3 is 0 Å². The van der Waals surface area contributed by atoms with Gasteiger partial charge < -0.3 is 0 Å². The average molecular weight is 355 g/mol. The summed E-state index contributed by atoms with van der Waals surface area (Å²) >= 11 is 1.28. The monoisotopic (exact) mass is 355 g/mol. The highest BCUT2D eigenvalue weighted by Gasteiger charge is 2.16. The van der Waals surface area contributed by atoms with E-state index in [0.717, 1.165) is 16.3 Å². The molecule has 1 aromatic carbocycles. The Bertz CT molecular complexity index is 977. The Hall–Kier alpha value is -2.87. The van der Waals surface area contributed by atoms with Crippen LogP contribution in [-0.2, 0) is 0 Å². The van der Waals surface area contributed by atoms with Gasteiger partial charge in [0.15, 0.2) is 5.69 Å². The Balaban J connectivity index is 1.89. The van der Waals surface area contributed by atoms with Crippen molar-refractivity contribution in [2.45, 2.75) is 26.7 Å². The minimum Gasteiger partial charge on any atom is -0.295 e. The normalized spacial score (nSPS) is 10.9. The summed E-state index contributed by atoms with van der Waals surface area (Å²) in [5.41, 5.74) is 1.19. The second-order valence-corrected chi connectivity index (χ2v) is 6.88. The van der Waals surface area contributed by atoms with Gasteiger partial charge in [0.2, 0.25) is 10.6 Å². The van der Waals surface area contributed by atoms with Gasteiger partial charge in [0.05, 0.1) is 5.69 Å². The molecule has 2 heterocycles. The molecule has 0 aliphatic heterocycles. The molecule has 1 N–H and O–H groups in total. The molecule has 0 saturated carbocycles. The maximum absolute atomic E-state index is 12.4. The molecule has 0 saturated heterocycles. The van der Waals surface area contributed by atoms with Gasteiger partial charge in [-0.25, -0.2) is 4.68 Å². The second kappa shape index (κ2) is 6.94. The van der Waals surface area contributed by atoms with Gasteiger partial charge in [-0.2, -0.15) is 5.10 Å². The fourth-order valence-corrected chi connectivity index (χ4v) is 2.89. The van der Waals surface area contributed by atoms with Gasteiger partial charge in [-0.1, -0.05) is 37.3 Å². The lowest BCUT2D eigenvalue weighted by Crippen LogP contribution is -2.25. The number of carbonyl (C=O) groups excluding carboxylic acids is 1.